The second-order valence-corrected chi connectivity index (χ2v) is 6.00. The maximum Gasteiger partial charge on any atom is 0.404 e. The quantitative estimate of drug-likeness (QED) is 0.693. The molecular weight excluding hydrogens is 310 g/mol. The Morgan fingerprint density at radius 1 is 1.00 bits per heavy atom. The molecule has 2 N–H and O–H groups in total. The van der Waals surface area contributed by atoms with E-state index in [9.17, 15) is 4.79 Å². The molecule has 0 saturated heterocycles. The predicted molar refractivity (Wildman–Crippen MR) is 107 cm³/mol. The summed E-state index contributed by atoms with van der Waals surface area (Å²) in [7, 11) is 0. The molecule has 1 amide bonds. The number of carboxylic acid groups (broad SMARTS) is 1. The Kier molecular flexibility index (Phi) is 12.8. The first kappa shape index (κ1) is 22.7. The van der Waals surface area contributed by atoms with Crippen molar-refractivity contribution in [3.63, 3.8) is 0 Å². The van der Waals surface area contributed by atoms with E-state index in [-0.39, 0.29) is 0 Å². The molecule has 0 aromatic heterocycles. The zero-order chi connectivity index (χ0) is 19.1. The minimum absolute atomic E-state index is 0.371. The molecule has 0 spiro atoms. The van der Waals surface area contributed by atoms with Crippen molar-refractivity contribution in [2.75, 3.05) is 0 Å². The summed E-state index contributed by atoms with van der Waals surface area (Å²) in [6.07, 6.45) is 1.53. The van der Waals surface area contributed by atoms with Gasteiger partial charge in [-0.25, -0.2) is 4.79 Å². The molecule has 138 valence electrons. The molecule has 0 fully saturated rings. The minimum Gasteiger partial charge on any atom is -0.465 e. The minimum atomic E-state index is -0.992. The number of hydrogen-bond acceptors (Lipinski definition) is 1. The summed E-state index contributed by atoms with van der Waals surface area (Å²) in [5.41, 5.74) is 3.90. The van der Waals surface area contributed by atoms with Gasteiger partial charge in [0.15, 0.2) is 0 Å². The van der Waals surface area contributed by atoms with E-state index in [4.69, 9.17) is 5.11 Å². The van der Waals surface area contributed by atoms with Crippen molar-refractivity contribution >= 4 is 6.09 Å². The Morgan fingerprint density at radius 3 is 2.08 bits per heavy atom. The number of hydrogen-bond donors (Lipinski definition) is 2. The van der Waals surface area contributed by atoms with Gasteiger partial charge >= 0.3 is 6.09 Å². The molecule has 0 aliphatic rings. The van der Waals surface area contributed by atoms with Crippen molar-refractivity contribution in [3.05, 3.63) is 71.3 Å². The van der Waals surface area contributed by atoms with E-state index in [0.29, 0.717) is 6.54 Å². The third-order valence-electron chi connectivity index (χ3n) is 3.54. The largest absolute Gasteiger partial charge is 0.465 e. The third-order valence-corrected chi connectivity index (χ3v) is 3.54. The number of aryl methyl sites for hydroxylation is 2. The Bertz CT molecular complexity index is 580. The van der Waals surface area contributed by atoms with Crippen molar-refractivity contribution in [1.82, 2.24) is 5.32 Å². The predicted octanol–water partition coefficient (Wildman–Crippen LogP) is 6.06. The highest BCUT2D eigenvalue weighted by Gasteiger charge is 1.98. The fourth-order valence-corrected chi connectivity index (χ4v) is 2.11. The van der Waals surface area contributed by atoms with Crippen LogP contribution in [0.15, 0.2) is 54.6 Å². The molecular formula is C22H33NO2. The first-order valence-electron chi connectivity index (χ1n) is 9.04. The van der Waals surface area contributed by atoms with Gasteiger partial charge in [0, 0.05) is 6.54 Å². The van der Waals surface area contributed by atoms with E-state index in [1.807, 2.05) is 44.2 Å². The summed E-state index contributed by atoms with van der Waals surface area (Å²) >= 11 is 0. The first-order valence-corrected chi connectivity index (χ1v) is 9.04. The fraction of sp³-hybridized carbons (Fsp3) is 0.409. The maximum atomic E-state index is 10.1. The average Bonchev–Trinajstić information content (AvgIpc) is 2.62. The number of carbonyl (C=O) groups is 1. The van der Waals surface area contributed by atoms with Crippen LogP contribution in [0.4, 0.5) is 4.79 Å². The van der Waals surface area contributed by atoms with Crippen LogP contribution in [0, 0.1) is 12.8 Å². The number of benzene rings is 2. The first-order chi connectivity index (χ1) is 12.0. The average molecular weight is 344 g/mol. The number of amides is 1. The standard InChI is InChI=1S/C12H18.C8H9NO2.C2H6/c1-10(2)8-9-12-7-5-4-6-11(12)3;10-8(11)9-6-7-4-2-1-3-5-7;1-2/h4-7,10H,8-9H2,1-3H3;1-5,9H,6H2,(H,10,11);1-2H3. The van der Waals surface area contributed by atoms with Gasteiger partial charge in [0.2, 0.25) is 0 Å². The van der Waals surface area contributed by atoms with Crippen LogP contribution >= 0.6 is 0 Å². The highest BCUT2D eigenvalue weighted by Crippen LogP contribution is 2.12. The van der Waals surface area contributed by atoms with Gasteiger partial charge in [0.05, 0.1) is 0 Å². The van der Waals surface area contributed by atoms with Gasteiger partial charge in [-0.2, -0.15) is 0 Å². The van der Waals surface area contributed by atoms with Crippen LogP contribution in [-0.4, -0.2) is 11.2 Å². The van der Waals surface area contributed by atoms with Gasteiger partial charge in [0.25, 0.3) is 0 Å². The molecule has 0 aliphatic heterocycles. The smallest absolute Gasteiger partial charge is 0.404 e. The lowest BCUT2D eigenvalue weighted by Crippen LogP contribution is -2.19. The van der Waals surface area contributed by atoms with Crippen molar-refractivity contribution in [3.8, 4) is 0 Å². The monoisotopic (exact) mass is 343 g/mol. The zero-order valence-corrected chi connectivity index (χ0v) is 16.3. The number of nitrogens with one attached hydrogen (secondary N) is 1. The molecule has 25 heavy (non-hydrogen) atoms. The lowest BCUT2D eigenvalue weighted by Gasteiger charge is -2.06. The summed E-state index contributed by atoms with van der Waals surface area (Å²) in [6, 6.07) is 18.0. The molecule has 0 aliphatic carbocycles. The van der Waals surface area contributed by atoms with Crippen molar-refractivity contribution in [2.45, 2.75) is 54.0 Å². The summed E-state index contributed by atoms with van der Waals surface area (Å²) in [5.74, 6) is 0.810. The lowest BCUT2D eigenvalue weighted by atomic mass is 9.99. The van der Waals surface area contributed by atoms with E-state index in [0.717, 1.165) is 11.5 Å². The summed E-state index contributed by atoms with van der Waals surface area (Å²) < 4.78 is 0. The van der Waals surface area contributed by atoms with Gasteiger partial charge in [-0.05, 0) is 42.4 Å². The van der Waals surface area contributed by atoms with Crippen molar-refractivity contribution in [2.24, 2.45) is 5.92 Å². The Labute approximate surface area is 153 Å². The summed E-state index contributed by atoms with van der Waals surface area (Å²) in [6.45, 7) is 11.1. The molecule has 2 aromatic carbocycles. The molecule has 2 rings (SSSR count). The second-order valence-electron chi connectivity index (χ2n) is 6.00. The highest BCUT2D eigenvalue weighted by atomic mass is 16.4. The molecule has 0 atom stereocenters. The van der Waals surface area contributed by atoms with Crippen LogP contribution in [0.3, 0.4) is 0 Å². The topological polar surface area (TPSA) is 49.3 Å². The van der Waals surface area contributed by atoms with Gasteiger partial charge < -0.3 is 10.4 Å². The van der Waals surface area contributed by atoms with E-state index in [1.165, 1.54) is 24.0 Å². The maximum absolute atomic E-state index is 10.1. The molecule has 0 bridgehead atoms. The fourth-order valence-electron chi connectivity index (χ4n) is 2.11. The van der Waals surface area contributed by atoms with Crippen LogP contribution < -0.4 is 5.32 Å². The van der Waals surface area contributed by atoms with Crippen LogP contribution in [0.25, 0.3) is 0 Å². The molecule has 0 saturated carbocycles. The summed E-state index contributed by atoms with van der Waals surface area (Å²) in [4.78, 5) is 10.1. The Balaban J connectivity index is 0.000000421. The van der Waals surface area contributed by atoms with Gasteiger partial charge in [0.1, 0.15) is 0 Å². The molecule has 3 heteroatoms. The van der Waals surface area contributed by atoms with E-state index >= 15 is 0 Å². The SMILES string of the molecule is CC.Cc1ccccc1CCC(C)C.O=C(O)NCc1ccccc1. The van der Waals surface area contributed by atoms with Gasteiger partial charge in [-0.3, -0.25) is 0 Å². The van der Waals surface area contributed by atoms with Crippen molar-refractivity contribution in [1.29, 1.82) is 0 Å². The molecule has 0 unspecified atom stereocenters. The molecule has 0 heterocycles. The zero-order valence-electron chi connectivity index (χ0n) is 16.3. The van der Waals surface area contributed by atoms with Crippen LogP contribution in [0.2, 0.25) is 0 Å². The molecule has 0 radical (unpaired) electrons. The number of rotatable bonds is 5. The van der Waals surface area contributed by atoms with Gasteiger partial charge in [-0.15, -0.1) is 0 Å². The van der Waals surface area contributed by atoms with E-state index in [1.54, 1.807) is 0 Å². The van der Waals surface area contributed by atoms with Crippen LogP contribution in [0.1, 0.15) is 50.8 Å². The van der Waals surface area contributed by atoms with E-state index < -0.39 is 6.09 Å². The summed E-state index contributed by atoms with van der Waals surface area (Å²) in [5, 5.41) is 10.5. The third kappa shape index (κ3) is 11.8. The second kappa shape index (κ2) is 14.1. The Morgan fingerprint density at radius 2 is 1.56 bits per heavy atom. The van der Waals surface area contributed by atoms with Crippen molar-refractivity contribution < 1.29 is 9.90 Å². The van der Waals surface area contributed by atoms with E-state index in [2.05, 4.69) is 50.4 Å². The van der Waals surface area contributed by atoms with Gasteiger partial charge in [-0.1, -0.05) is 82.3 Å². The Hall–Kier alpha value is -2.29. The molecule has 3 nitrogen and oxygen atoms in total. The van der Waals surface area contributed by atoms with Crippen LogP contribution in [-0.2, 0) is 13.0 Å². The molecule has 2 aromatic rings. The highest BCUT2D eigenvalue weighted by molar-refractivity contribution is 5.64. The van der Waals surface area contributed by atoms with Crippen LogP contribution in [0.5, 0.6) is 0 Å². The normalized spacial score (nSPS) is 9.36. The lowest BCUT2D eigenvalue weighted by molar-refractivity contribution is 0.194.